The fourth-order valence-electron chi connectivity index (χ4n) is 0.483. The lowest BCUT2D eigenvalue weighted by Crippen LogP contribution is -1.97. The quantitative estimate of drug-likeness (QED) is 0.513. The molecule has 0 aliphatic carbocycles. The van der Waals surface area contributed by atoms with E-state index in [-0.39, 0.29) is 5.91 Å². The Balaban J connectivity index is 3.64. The largest absolute Gasteiger partial charge is 0.272 e. The van der Waals surface area contributed by atoms with Crippen molar-refractivity contribution in [2.75, 3.05) is 0 Å². The van der Waals surface area contributed by atoms with Gasteiger partial charge in [-0.3, -0.25) is 4.79 Å². The van der Waals surface area contributed by atoms with Crippen LogP contribution >= 0.6 is 0 Å². The monoisotopic (exact) mass is 125 g/mol. The topological polar surface area (TPSA) is 29.4 Å². The van der Waals surface area contributed by atoms with E-state index in [2.05, 4.69) is 17.4 Å². The minimum absolute atomic E-state index is 0.139. The van der Waals surface area contributed by atoms with Gasteiger partial charge < -0.3 is 0 Å². The number of hydrogen-bond donors (Lipinski definition) is 0. The summed E-state index contributed by atoms with van der Waals surface area (Å²) in [7, 11) is 0. The van der Waals surface area contributed by atoms with Gasteiger partial charge in [-0.05, 0) is 18.4 Å². The Morgan fingerprint density at radius 3 is 2.67 bits per heavy atom. The van der Waals surface area contributed by atoms with Crippen LogP contribution in [0.5, 0.6) is 0 Å². The van der Waals surface area contributed by atoms with Gasteiger partial charge in [-0.1, -0.05) is 13.8 Å². The van der Waals surface area contributed by atoms with Crippen molar-refractivity contribution in [3.63, 3.8) is 0 Å². The zero-order chi connectivity index (χ0) is 7.28. The van der Waals surface area contributed by atoms with Gasteiger partial charge in [0.15, 0.2) is 0 Å². The summed E-state index contributed by atoms with van der Waals surface area (Å²) in [6, 6.07) is 0. The molecular formula is C7H11NO. The highest BCUT2D eigenvalue weighted by molar-refractivity contribution is 5.82. The van der Waals surface area contributed by atoms with Gasteiger partial charge in [0.2, 0.25) is 0 Å². The zero-order valence-corrected chi connectivity index (χ0v) is 5.85. The molecule has 9 heavy (non-hydrogen) atoms. The van der Waals surface area contributed by atoms with Crippen LogP contribution in [-0.2, 0) is 4.79 Å². The van der Waals surface area contributed by atoms with Crippen molar-refractivity contribution in [1.29, 1.82) is 0 Å². The Morgan fingerprint density at radius 2 is 2.33 bits per heavy atom. The second-order valence-corrected chi connectivity index (χ2v) is 2.26. The van der Waals surface area contributed by atoms with Crippen LogP contribution in [0.25, 0.3) is 0 Å². The maximum atomic E-state index is 10.6. The molecule has 2 heteroatoms. The van der Waals surface area contributed by atoms with Crippen molar-refractivity contribution in [3.8, 4) is 0 Å². The van der Waals surface area contributed by atoms with Crippen LogP contribution in [0, 0.1) is 5.92 Å². The lowest BCUT2D eigenvalue weighted by atomic mass is 10.1. The van der Waals surface area contributed by atoms with Crippen molar-refractivity contribution in [1.82, 2.24) is 0 Å². The molecular weight excluding hydrogens is 114 g/mol. The van der Waals surface area contributed by atoms with E-state index in [1.54, 1.807) is 0 Å². The number of carbonyl (C=O) groups is 1. The number of aliphatic imine (C=N–C) groups is 1. The Kier molecular flexibility index (Phi) is 3.65. The van der Waals surface area contributed by atoms with E-state index in [1.165, 1.54) is 0 Å². The SMILES string of the molecule is C=C=NC(=O)CC(C)C. The molecule has 0 aliphatic rings. The van der Waals surface area contributed by atoms with Crippen molar-refractivity contribution < 1.29 is 4.79 Å². The van der Waals surface area contributed by atoms with Crippen molar-refractivity contribution in [2.45, 2.75) is 20.3 Å². The summed E-state index contributed by atoms with van der Waals surface area (Å²) in [6.45, 7) is 7.13. The molecule has 0 rings (SSSR count). The molecule has 50 valence electrons. The standard InChI is InChI=1S/C7H11NO/c1-4-8-7(9)5-6(2)3/h6H,1,5H2,2-3H3. The number of rotatable bonds is 2. The van der Waals surface area contributed by atoms with Gasteiger partial charge in [0.1, 0.15) is 0 Å². The smallest absolute Gasteiger partial charge is 0.253 e. The molecule has 0 aliphatic heterocycles. The van der Waals surface area contributed by atoms with Gasteiger partial charge in [0, 0.05) is 6.42 Å². The van der Waals surface area contributed by atoms with Crippen molar-refractivity contribution in [3.05, 3.63) is 6.58 Å². The third kappa shape index (κ3) is 4.98. The second kappa shape index (κ2) is 4.04. The Morgan fingerprint density at radius 1 is 1.78 bits per heavy atom. The van der Waals surface area contributed by atoms with Gasteiger partial charge in [-0.25, -0.2) is 0 Å². The third-order valence-electron chi connectivity index (χ3n) is 0.787. The van der Waals surface area contributed by atoms with E-state index in [0.717, 1.165) is 0 Å². The van der Waals surface area contributed by atoms with Crippen molar-refractivity contribution in [2.24, 2.45) is 10.9 Å². The molecule has 0 saturated carbocycles. The predicted octanol–water partition coefficient (Wildman–Crippen LogP) is 1.41. The average Bonchev–Trinajstić information content (AvgIpc) is 1.63. The summed E-state index contributed by atoms with van der Waals surface area (Å²) in [6.07, 6.45) is 0.489. The van der Waals surface area contributed by atoms with Gasteiger partial charge in [-0.2, -0.15) is 4.99 Å². The fourth-order valence-corrected chi connectivity index (χ4v) is 0.483. The van der Waals surface area contributed by atoms with Crippen LogP contribution in [0.4, 0.5) is 0 Å². The fraction of sp³-hybridized carbons (Fsp3) is 0.571. The van der Waals surface area contributed by atoms with Crippen LogP contribution in [0.2, 0.25) is 0 Å². The first-order valence-electron chi connectivity index (χ1n) is 2.92. The van der Waals surface area contributed by atoms with Crippen LogP contribution in [0.1, 0.15) is 20.3 Å². The lowest BCUT2D eigenvalue weighted by Gasteiger charge is -1.95. The molecule has 0 unspecified atom stereocenters. The van der Waals surface area contributed by atoms with Crippen LogP contribution in [-0.4, -0.2) is 11.8 Å². The summed E-state index contributed by atoms with van der Waals surface area (Å²) >= 11 is 0. The molecule has 0 spiro atoms. The third-order valence-corrected chi connectivity index (χ3v) is 0.787. The lowest BCUT2D eigenvalue weighted by molar-refractivity contribution is -0.118. The molecule has 0 aromatic carbocycles. The summed E-state index contributed by atoms with van der Waals surface area (Å²) in [5, 5.41) is 0. The molecule has 0 aromatic heterocycles. The summed E-state index contributed by atoms with van der Waals surface area (Å²) in [5.74, 6) is 2.43. The number of nitrogens with zero attached hydrogens (tertiary/aromatic N) is 1. The van der Waals surface area contributed by atoms with Crippen LogP contribution in [0.3, 0.4) is 0 Å². The van der Waals surface area contributed by atoms with E-state index < -0.39 is 0 Å². The van der Waals surface area contributed by atoms with Crippen molar-refractivity contribution >= 4 is 11.8 Å². The molecule has 0 fully saturated rings. The van der Waals surface area contributed by atoms with E-state index in [0.29, 0.717) is 12.3 Å². The number of amides is 1. The molecule has 0 bridgehead atoms. The zero-order valence-electron chi connectivity index (χ0n) is 5.85. The first-order chi connectivity index (χ1) is 4.16. The minimum atomic E-state index is -0.139. The van der Waals surface area contributed by atoms with E-state index in [4.69, 9.17) is 0 Å². The van der Waals surface area contributed by atoms with Gasteiger partial charge in [0.05, 0.1) is 0 Å². The van der Waals surface area contributed by atoms with Gasteiger partial charge in [-0.15, -0.1) is 0 Å². The van der Waals surface area contributed by atoms with E-state index in [9.17, 15) is 4.79 Å². The van der Waals surface area contributed by atoms with Crippen LogP contribution in [0.15, 0.2) is 11.6 Å². The summed E-state index contributed by atoms with van der Waals surface area (Å²) in [5.41, 5.74) is 0. The van der Waals surface area contributed by atoms with Crippen LogP contribution < -0.4 is 0 Å². The summed E-state index contributed by atoms with van der Waals surface area (Å²) in [4.78, 5) is 13.9. The highest BCUT2D eigenvalue weighted by Crippen LogP contribution is 1.99. The minimum Gasteiger partial charge on any atom is -0.272 e. The Labute approximate surface area is 55.3 Å². The molecule has 2 nitrogen and oxygen atoms in total. The Hall–Kier alpha value is -0.880. The number of hydrogen-bond acceptors (Lipinski definition) is 1. The number of carbonyl (C=O) groups excluding carboxylic acids is 1. The average molecular weight is 125 g/mol. The second-order valence-electron chi connectivity index (χ2n) is 2.26. The highest BCUT2D eigenvalue weighted by atomic mass is 16.1. The molecule has 0 N–H and O–H groups in total. The molecule has 0 atom stereocenters. The highest BCUT2D eigenvalue weighted by Gasteiger charge is 2.00. The van der Waals surface area contributed by atoms with Gasteiger partial charge >= 0.3 is 0 Å². The molecule has 0 radical (unpaired) electrons. The molecule has 0 heterocycles. The first-order valence-corrected chi connectivity index (χ1v) is 2.92. The summed E-state index contributed by atoms with van der Waals surface area (Å²) < 4.78 is 0. The maximum absolute atomic E-state index is 10.6. The predicted molar refractivity (Wildman–Crippen MR) is 37.5 cm³/mol. The maximum Gasteiger partial charge on any atom is 0.253 e. The molecule has 0 saturated heterocycles. The normalized spacial score (nSPS) is 8.78. The molecule has 1 amide bonds. The first kappa shape index (κ1) is 8.12. The van der Waals surface area contributed by atoms with Gasteiger partial charge in [0.25, 0.3) is 5.91 Å². The molecule has 0 aromatic rings. The van der Waals surface area contributed by atoms with E-state index >= 15 is 0 Å². The van der Waals surface area contributed by atoms with E-state index in [1.807, 2.05) is 13.8 Å². The Bertz CT molecular complexity index is 143.